The molecule has 4 heteroatoms. The normalized spacial score (nSPS) is 20.2. The highest BCUT2D eigenvalue weighted by molar-refractivity contribution is 5.85. The Morgan fingerprint density at radius 2 is 2.17 bits per heavy atom. The molecule has 0 radical (unpaired) electrons. The number of nitrogens with zero attached hydrogens (tertiary/aromatic N) is 1. The number of hydrogen-bond acceptors (Lipinski definition) is 3. The first-order chi connectivity index (χ1) is 8.33. The van der Waals surface area contributed by atoms with Crippen molar-refractivity contribution in [2.75, 3.05) is 27.2 Å². The van der Waals surface area contributed by atoms with Gasteiger partial charge in [0, 0.05) is 24.7 Å². The van der Waals surface area contributed by atoms with Gasteiger partial charge in [-0.15, -0.1) is 12.4 Å². The molecule has 1 aliphatic heterocycles. The van der Waals surface area contributed by atoms with Gasteiger partial charge in [0.05, 0.1) is 7.11 Å². The molecule has 0 spiro atoms. The molecule has 1 atom stereocenters. The van der Waals surface area contributed by atoms with Gasteiger partial charge in [0.1, 0.15) is 5.75 Å². The molecule has 1 aromatic rings. The lowest BCUT2D eigenvalue weighted by Gasteiger charge is -2.32. The summed E-state index contributed by atoms with van der Waals surface area (Å²) in [4.78, 5) is 2.50. The van der Waals surface area contributed by atoms with E-state index in [0.29, 0.717) is 6.04 Å². The summed E-state index contributed by atoms with van der Waals surface area (Å²) in [5.74, 6) is 0.999. The van der Waals surface area contributed by atoms with Crippen LogP contribution in [0, 0.1) is 0 Å². The fourth-order valence-corrected chi connectivity index (χ4v) is 2.51. The van der Waals surface area contributed by atoms with Crippen molar-refractivity contribution >= 4 is 12.4 Å². The van der Waals surface area contributed by atoms with Crippen molar-refractivity contribution in [1.29, 1.82) is 0 Å². The summed E-state index contributed by atoms with van der Waals surface area (Å²) in [5, 5.41) is 3.38. The SMILES string of the molecule is CNC1CCCN(Cc2ccccc2OC)C1.Cl. The van der Waals surface area contributed by atoms with Gasteiger partial charge in [-0.1, -0.05) is 18.2 Å². The zero-order valence-corrected chi connectivity index (χ0v) is 12.0. The average molecular weight is 271 g/mol. The number of para-hydroxylation sites is 1. The second-order valence-corrected chi connectivity index (χ2v) is 4.67. The summed E-state index contributed by atoms with van der Waals surface area (Å²) >= 11 is 0. The van der Waals surface area contributed by atoms with E-state index in [4.69, 9.17) is 4.74 Å². The third-order valence-corrected chi connectivity index (χ3v) is 3.50. The number of halogens is 1. The maximum Gasteiger partial charge on any atom is 0.123 e. The Hall–Kier alpha value is -0.770. The number of piperidine rings is 1. The number of rotatable bonds is 4. The van der Waals surface area contributed by atoms with Gasteiger partial charge < -0.3 is 10.1 Å². The van der Waals surface area contributed by atoms with Crippen LogP contribution in [-0.2, 0) is 6.54 Å². The standard InChI is InChI=1S/C14H22N2O.ClH/c1-15-13-7-5-9-16(11-13)10-12-6-3-4-8-14(12)17-2;/h3-4,6,8,13,15H,5,7,9-11H2,1-2H3;1H. The first kappa shape index (κ1) is 15.3. The van der Waals surface area contributed by atoms with Gasteiger partial charge >= 0.3 is 0 Å². The molecule has 1 aromatic carbocycles. The highest BCUT2D eigenvalue weighted by Crippen LogP contribution is 2.21. The van der Waals surface area contributed by atoms with Gasteiger partial charge in [-0.2, -0.15) is 0 Å². The van der Waals surface area contributed by atoms with Gasteiger partial charge in [-0.3, -0.25) is 4.90 Å². The number of likely N-dealkylation sites (N-methyl/N-ethyl adjacent to an activating group) is 1. The molecule has 1 heterocycles. The van der Waals surface area contributed by atoms with E-state index in [2.05, 4.69) is 29.4 Å². The molecule has 1 aliphatic rings. The largest absolute Gasteiger partial charge is 0.496 e. The molecule has 0 bridgehead atoms. The Balaban J connectivity index is 0.00000162. The lowest BCUT2D eigenvalue weighted by atomic mass is 10.0. The third kappa shape index (κ3) is 3.87. The Morgan fingerprint density at radius 1 is 1.39 bits per heavy atom. The molecule has 1 N–H and O–H groups in total. The molecule has 0 aromatic heterocycles. The summed E-state index contributed by atoms with van der Waals surface area (Å²) in [5.41, 5.74) is 1.28. The molecule has 1 saturated heterocycles. The van der Waals surface area contributed by atoms with Crippen LogP contribution in [0.25, 0.3) is 0 Å². The molecule has 18 heavy (non-hydrogen) atoms. The van der Waals surface area contributed by atoms with Crippen molar-refractivity contribution in [3.05, 3.63) is 29.8 Å². The van der Waals surface area contributed by atoms with Gasteiger partial charge in [-0.25, -0.2) is 0 Å². The van der Waals surface area contributed by atoms with Crippen LogP contribution in [0.4, 0.5) is 0 Å². The van der Waals surface area contributed by atoms with E-state index in [1.165, 1.54) is 24.9 Å². The second kappa shape index (κ2) is 7.62. The van der Waals surface area contributed by atoms with E-state index in [0.717, 1.165) is 18.8 Å². The predicted molar refractivity (Wildman–Crippen MR) is 77.6 cm³/mol. The number of methoxy groups -OCH3 is 1. The Morgan fingerprint density at radius 3 is 2.89 bits per heavy atom. The number of benzene rings is 1. The van der Waals surface area contributed by atoms with Gasteiger partial charge in [0.2, 0.25) is 0 Å². The van der Waals surface area contributed by atoms with Crippen molar-refractivity contribution in [3.63, 3.8) is 0 Å². The highest BCUT2D eigenvalue weighted by Gasteiger charge is 2.19. The first-order valence-corrected chi connectivity index (χ1v) is 6.35. The summed E-state index contributed by atoms with van der Waals surface area (Å²) in [6, 6.07) is 8.93. The van der Waals surface area contributed by atoms with E-state index in [9.17, 15) is 0 Å². The van der Waals surface area contributed by atoms with Crippen molar-refractivity contribution < 1.29 is 4.74 Å². The lowest BCUT2D eigenvalue weighted by molar-refractivity contribution is 0.186. The van der Waals surface area contributed by atoms with Crippen molar-refractivity contribution in [3.8, 4) is 5.75 Å². The smallest absolute Gasteiger partial charge is 0.123 e. The topological polar surface area (TPSA) is 24.5 Å². The molecule has 1 unspecified atom stereocenters. The number of nitrogens with one attached hydrogen (secondary N) is 1. The molecule has 102 valence electrons. The molecular weight excluding hydrogens is 248 g/mol. The molecular formula is C14H23ClN2O. The van der Waals surface area contributed by atoms with E-state index in [-0.39, 0.29) is 12.4 Å². The van der Waals surface area contributed by atoms with Crippen LogP contribution >= 0.6 is 12.4 Å². The van der Waals surface area contributed by atoms with Gasteiger partial charge in [0.25, 0.3) is 0 Å². The zero-order chi connectivity index (χ0) is 12.1. The minimum absolute atomic E-state index is 0. The first-order valence-electron chi connectivity index (χ1n) is 6.35. The third-order valence-electron chi connectivity index (χ3n) is 3.50. The summed E-state index contributed by atoms with van der Waals surface area (Å²) in [7, 11) is 3.79. The Labute approximate surface area is 116 Å². The van der Waals surface area contributed by atoms with E-state index >= 15 is 0 Å². The summed E-state index contributed by atoms with van der Waals surface area (Å²) < 4.78 is 5.40. The van der Waals surface area contributed by atoms with Crippen LogP contribution in [-0.4, -0.2) is 38.2 Å². The summed E-state index contributed by atoms with van der Waals surface area (Å²) in [6.07, 6.45) is 2.57. The predicted octanol–water partition coefficient (Wildman–Crippen LogP) is 2.30. The van der Waals surface area contributed by atoms with Gasteiger partial charge in [-0.05, 0) is 32.5 Å². The van der Waals surface area contributed by atoms with Crippen LogP contribution in [0.1, 0.15) is 18.4 Å². The summed E-state index contributed by atoms with van der Waals surface area (Å²) in [6.45, 7) is 3.31. The van der Waals surface area contributed by atoms with E-state index < -0.39 is 0 Å². The highest BCUT2D eigenvalue weighted by atomic mass is 35.5. The van der Waals surface area contributed by atoms with Crippen molar-refractivity contribution in [1.82, 2.24) is 10.2 Å². The van der Waals surface area contributed by atoms with Crippen LogP contribution in [0.2, 0.25) is 0 Å². The average Bonchev–Trinajstić information content (AvgIpc) is 2.39. The Bertz CT molecular complexity index is 359. The molecule has 0 saturated carbocycles. The van der Waals surface area contributed by atoms with Gasteiger partial charge in [0.15, 0.2) is 0 Å². The lowest BCUT2D eigenvalue weighted by Crippen LogP contribution is -2.43. The van der Waals surface area contributed by atoms with Crippen LogP contribution in [0.3, 0.4) is 0 Å². The van der Waals surface area contributed by atoms with E-state index in [1.807, 2.05) is 12.1 Å². The minimum Gasteiger partial charge on any atom is -0.496 e. The second-order valence-electron chi connectivity index (χ2n) is 4.67. The fourth-order valence-electron chi connectivity index (χ4n) is 2.51. The maximum absolute atomic E-state index is 5.40. The van der Waals surface area contributed by atoms with Crippen LogP contribution in [0.5, 0.6) is 5.75 Å². The molecule has 0 amide bonds. The van der Waals surface area contributed by atoms with Crippen molar-refractivity contribution in [2.45, 2.75) is 25.4 Å². The van der Waals surface area contributed by atoms with Crippen LogP contribution < -0.4 is 10.1 Å². The quantitative estimate of drug-likeness (QED) is 0.909. The number of ether oxygens (including phenoxy) is 1. The molecule has 0 aliphatic carbocycles. The Kier molecular flexibility index (Phi) is 6.47. The van der Waals surface area contributed by atoms with Crippen molar-refractivity contribution in [2.24, 2.45) is 0 Å². The molecule has 3 nitrogen and oxygen atoms in total. The number of likely N-dealkylation sites (tertiary alicyclic amines) is 1. The maximum atomic E-state index is 5.40. The minimum atomic E-state index is 0. The molecule has 2 rings (SSSR count). The van der Waals surface area contributed by atoms with E-state index in [1.54, 1.807) is 7.11 Å². The monoisotopic (exact) mass is 270 g/mol. The fraction of sp³-hybridized carbons (Fsp3) is 0.571. The number of hydrogen-bond donors (Lipinski definition) is 1. The van der Waals surface area contributed by atoms with Crippen LogP contribution in [0.15, 0.2) is 24.3 Å². The molecule has 1 fully saturated rings. The zero-order valence-electron chi connectivity index (χ0n) is 11.2.